The summed E-state index contributed by atoms with van der Waals surface area (Å²) in [5, 5.41) is 3.02. The lowest BCUT2D eigenvalue weighted by molar-refractivity contribution is 0.0941. The van der Waals surface area contributed by atoms with E-state index in [0.717, 1.165) is 4.57 Å². The van der Waals surface area contributed by atoms with Gasteiger partial charge in [0.15, 0.2) is 0 Å². The van der Waals surface area contributed by atoms with Gasteiger partial charge in [0.1, 0.15) is 11.3 Å². The van der Waals surface area contributed by atoms with Gasteiger partial charge < -0.3 is 11.1 Å². The van der Waals surface area contributed by atoms with Gasteiger partial charge in [0, 0.05) is 26.2 Å². The second kappa shape index (κ2) is 7.99. The van der Waals surface area contributed by atoms with E-state index in [1.165, 1.54) is 24.7 Å². The number of fused-ring (bicyclic) bond motifs is 1. The number of carbonyl (C=O) groups excluding carboxylic acids is 1. The van der Waals surface area contributed by atoms with Crippen LogP contribution in [0.3, 0.4) is 0 Å². The monoisotopic (exact) mass is 391 g/mol. The first-order chi connectivity index (χ1) is 10.5. The van der Waals surface area contributed by atoms with Crippen molar-refractivity contribution in [3.63, 3.8) is 0 Å². The van der Waals surface area contributed by atoms with E-state index >= 15 is 0 Å². The summed E-state index contributed by atoms with van der Waals surface area (Å²) in [6.45, 7) is 5.57. The van der Waals surface area contributed by atoms with Gasteiger partial charge in [0.25, 0.3) is 11.5 Å². The van der Waals surface area contributed by atoms with Gasteiger partial charge in [-0.05, 0) is 32.4 Å². The van der Waals surface area contributed by atoms with Crippen molar-refractivity contribution < 1.29 is 4.79 Å². The molecule has 0 saturated heterocycles. The summed E-state index contributed by atoms with van der Waals surface area (Å²) in [4.78, 5) is 40.7. The Balaban J connectivity index is 0.00000288. The van der Waals surface area contributed by atoms with Crippen LogP contribution in [0.1, 0.15) is 29.9 Å². The Morgan fingerprint density at radius 3 is 2.32 bits per heavy atom. The SMILES string of the molecule is Cc1cc(C(=O)NCC(C)(C)N)nc2c1c(=O)n(C)c(=O)n2C.Cl.Cl. The number of hydrogen-bond donors (Lipinski definition) is 2. The van der Waals surface area contributed by atoms with Gasteiger partial charge in [-0.25, -0.2) is 9.78 Å². The Morgan fingerprint density at radius 1 is 1.24 bits per heavy atom. The molecule has 0 aromatic carbocycles. The van der Waals surface area contributed by atoms with Crippen molar-refractivity contribution >= 4 is 41.8 Å². The molecule has 8 nitrogen and oxygen atoms in total. The fraction of sp³-hybridized carbons (Fsp3) is 0.467. The van der Waals surface area contributed by atoms with Crippen molar-refractivity contribution in [2.45, 2.75) is 26.3 Å². The Bertz CT molecular complexity index is 912. The van der Waals surface area contributed by atoms with Crippen LogP contribution in [0.2, 0.25) is 0 Å². The van der Waals surface area contributed by atoms with Crippen LogP contribution >= 0.6 is 24.8 Å². The van der Waals surface area contributed by atoms with Crippen molar-refractivity contribution in [3.8, 4) is 0 Å². The van der Waals surface area contributed by atoms with E-state index in [9.17, 15) is 14.4 Å². The van der Waals surface area contributed by atoms with Crippen molar-refractivity contribution in [2.24, 2.45) is 19.8 Å². The first-order valence-corrected chi connectivity index (χ1v) is 7.17. The molecule has 0 bridgehead atoms. The molecule has 2 rings (SSSR count). The fourth-order valence-electron chi connectivity index (χ4n) is 2.25. The minimum atomic E-state index is -0.551. The van der Waals surface area contributed by atoms with Crippen LogP contribution in [0.4, 0.5) is 0 Å². The quantitative estimate of drug-likeness (QED) is 0.778. The predicted octanol–water partition coefficient (Wildman–Crippen LogP) is 0.251. The Labute approximate surface area is 157 Å². The van der Waals surface area contributed by atoms with E-state index in [1.807, 2.05) is 0 Å². The number of amides is 1. The van der Waals surface area contributed by atoms with Gasteiger partial charge in [-0.15, -0.1) is 24.8 Å². The number of halogens is 2. The zero-order valence-electron chi connectivity index (χ0n) is 14.7. The van der Waals surface area contributed by atoms with Crippen molar-refractivity contribution in [3.05, 3.63) is 38.2 Å². The molecule has 0 radical (unpaired) electrons. The number of nitrogens with two attached hydrogens (primary N) is 1. The van der Waals surface area contributed by atoms with Crippen molar-refractivity contribution in [1.29, 1.82) is 0 Å². The third-order valence-electron chi connectivity index (χ3n) is 3.54. The molecule has 10 heteroatoms. The second-order valence-electron chi connectivity index (χ2n) is 6.40. The minimum absolute atomic E-state index is 0. The average Bonchev–Trinajstić information content (AvgIpc) is 2.46. The van der Waals surface area contributed by atoms with Gasteiger partial charge in [0.05, 0.1) is 5.39 Å². The highest BCUT2D eigenvalue weighted by Crippen LogP contribution is 2.12. The number of aromatic nitrogens is 3. The van der Waals surface area contributed by atoms with Gasteiger partial charge in [0.2, 0.25) is 0 Å². The standard InChI is InChI=1S/C15H21N5O3.2ClH/c1-8-6-9(12(21)17-7-15(2,3)16)18-11-10(8)13(22)20(5)14(23)19(11)4;;/h6H,7,16H2,1-5H3,(H,17,21);2*1H. The van der Waals surface area contributed by atoms with Crippen LogP contribution in [0.15, 0.2) is 15.7 Å². The summed E-state index contributed by atoms with van der Waals surface area (Å²) in [5.41, 5.74) is 5.29. The summed E-state index contributed by atoms with van der Waals surface area (Å²) in [6.07, 6.45) is 0. The number of rotatable bonds is 3. The molecular formula is C15H23Cl2N5O3. The molecule has 1 amide bonds. The van der Waals surface area contributed by atoms with Crippen molar-refractivity contribution in [1.82, 2.24) is 19.4 Å². The van der Waals surface area contributed by atoms with E-state index in [2.05, 4.69) is 10.3 Å². The topological polar surface area (TPSA) is 112 Å². The molecule has 2 aromatic rings. The first-order valence-electron chi connectivity index (χ1n) is 7.17. The highest BCUT2D eigenvalue weighted by atomic mass is 35.5. The van der Waals surface area contributed by atoms with Gasteiger partial charge in [-0.2, -0.15) is 0 Å². The molecule has 0 aliphatic heterocycles. The maximum Gasteiger partial charge on any atom is 0.332 e. The molecule has 0 unspecified atom stereocenters. The highest BCUT2D eigenvalue weighted by molar-refractivity contribution is 5.95. The van der Waals surface area contributed by atoms with Crippen LogP contribution in [-0.4, -0.2) is 32.1 Å². The lowest BCUT2D eigenvalue weighted by Gasteiger charge is -2.19. The summed E-state index contributed by atoms with van der Waals surface area (Å²) < 4.78 is 2.28. The zero-order valence-corrected chi connectivity index (χ0v) is 16.4. The van der Waals surface area contributed by atoms with E-state index in [0.29, 0.717) is 10.9 Å². The van der Waals surface area contributed by atoms with Crippen LogP contribution in [0.25, 0.3) is 11.0 Å². The molecule has 2 heterocycles. The van der Waals surface area contributed by atoms with E-state index in [-0.39, 0.29) is 42.7 Å². The second-order valence-corrected chi connectivity index (χ2v) is 6.40. The molecule has 0 aliphatic carbocycles. The summed E-state index contributed by atoms with van der Waals surface area (Å²) >= 11 is 0. The molecule has 2 aromatic heterocycles. The van der Waals surface area contributed by atoms with E-state index in [1.54, 1.807) is 20.8 Å². The largest absolute Gasteiger partial charge is 0.349 e. The Hall–Kier alpha value is -1.90. The smallest absolute Gasteiger partial charge is 0.332 e. The lowest BCUT2D eigenvalue weighted by Crippen LogP contribution is -2.45. The third kappa shape index (κ3) is 4.59. The van der Waals surface area contributed by atoms with Crippen LogP contribution in [0, 0.1) is 6.92 Å². The summed E-state index contributed by atoms with van der Waals surface area (Å²) in [6, 6.07) is 1.53. The maximum atomic E-state index is 12.3. The molecular weight excluding hydrogens is 369 g/mol. The van der Waals surface area contributed by atoms with Gasteiger partial charge >= 0.3 is 5.69 Å². The number of aryl methyl sites for hydroxylation is 2. The number of pyridine rings is 1. The first kappa shape index (κ1) is 23.1. The fourth-order valence-corrected chi connectivity index (χ4v) is 2.25. The maximum absolute atomic E-state index is 12.3. The van der Waals surface area contributed by atoms with E-state index in [4.69, 9.17) is 5.73 Å². The molecule has 0 atom stereocenters. The molecule has 0 fully saturated rings. The molecule has 25 heavy (non-hydrogen) atoms. The molecule has 0 saturated carbocycles. The minimum Gasteiger partial charge on any atom is -0.349 e. The number of hydrogen-bond acceptors (Lipinski definition) is 5. The lowest BCUT2D eigenvalue weighted by atomic mass is 10.1. The van der Waals surface area contributed by atoms with Crippen LogP contribution in [0.5, 0.6) is 0 Å². The highest BCUT2D eigenvalue weighted by Gasteiger charge is 2.18. The zero-order chi connectivity index (χ0) is 17.5. The number of carbonyl (C=O) groups is 1. The molecule has 140 valence electrons. The Kier molecular flexibility index (Phi) is 7.38. The summed E-state index contributed by atoms with van der Waals surface area (Å²) in [7, 11) is 2.93. The number of nitrogens with one attached hydrogen (secondary N) is 1. The van der Waals surface area contributed by atoms with Crippen LogP contribution < -0.4 is 22.3 Å². The third-order valence-corrected chi connectivity index (χ3v) is 3.54. The molecule has 0 spiro atoms. The van der Waals surface area contributed by atoms with Crippen LogP contribution in [-0.2, 0) is 14.1 Å². The Morgan fingerprint density at radius 2 is 1.80 bits per heavy atom. The summed E-state index contributed by atoms with van der Waals surface area (Å²) in [5.74, 6) is -0.401. The molecule has 3 N–H and O–H groups in total. The number of nitrogens with zero attached hydrogens (tertiary/aromatic N) is 3. The normalized spacial score (nSPS) is 10.8. The van der Waals surface area contributed by atoms with Gasteiger partial charge in [-0.1, -0.05) is 0 Å². The average molecular weight is 392 g/mol. The van der Waals surface area contributed by atoms with Crippen molar-refractivity contribution in [2.75, 3.05) is 6.54 Å². The van der Waals surface area contributed by atoms with Gasteiger partial charge in [-0.3, -0.25) is 18.7 Å². The molecule has 0 aliphatic rings. The van der Waals surface area contributed by atoms with E-state index < -0.39 is 22.7 Å². The predicted molar refractivity (Wildman–Crippen MR) is 102 cm³/mol.